The summed E-state index contributed by atoms with van der Waals surface area (Å²) < 4.78 is 70.0. The molecule has 3 saturated heterocycles. The summed E-state index contributed by atoms with van der Waals surface area (Å²) in [6.45, 7) is 2.20. The molecule has 1 spiro atoms. The third kappa shape index (κ3) is 13.8. The van der Waals surface area contributed by atoms with Gasteiger partial charge in [-0.05, 0) is 38.9 Å². The lowest BCUT2D eigenvalue weighted by Gasteiger charge is -2.50. The summed E-state index contributed by atoms with van der Waals surface area (Å²) in [5.74, 6) is -1.47. The van der Waals surface area contributed by atoms with Crippen molar-refractivity contribution in [2.75, 3.05) is 20.8 Å². The smallest absolute Gasteiger partial charge is 0.219 e. The first-order valence-corrected chi connectivity index (χ1v) is 26.3. The summed E-state index contributed by atoms with van der Waals surface area (Å²) in [6.07, 6.45) is -6.41. The number of benzene rings is 7. The van der Waals surface area contributed by atoms with E-state index >= 15 is 0 Å². The van der Waals surface area contributed by atoms with Gasteiger partial charge in [-0.15, -0.1) is 0 Å². The highest BCUT2D eigenvalue weighted by Gasteiger charge is 2.65. The van der Waals surface area contributed by atoms with Gasteiger partial charge >= 0.3 is 0 Å². The van der Waals surface area contributed by atoms with Gasteiger partial charge in [0.1, 0.15) is 48.8 Å². The Morgan fingerprint density at radius 3 is 1.20 bits per heavy atom. The lowest BCUT2D eigenvalue weighted by atomic mass is 9.85. The van der Waals surface area contributed by atoms with Gasteiger partial charge in [0, 0.05) is 20.6 Å². The Bertz CT molecular complexity index is 2730. The van der Waals surface area contributed by atoms with Crippen LogP contribution in [0.2, 0.25) is 0 Å². The summed E-state index contributed by atoms with van der Waals surface area (Å²) in [7, 11) is 3.55. The SMILES string of the molecule is CO[C@H]1O[C@H]([C@H]2C[C@]3(O[C@H](COCc4ccccc4)[C@@H](OCc4ccccc4)[C@H](OCc4ccccc4)[C@H]3OCc3ccccc3)ON2C)[C@@H](OCc2ccccc2)[C@H](OCc2ccccc2)[C@H]1OCc1ccccc1. The molecule has 0 bridgehead atoms. The number of methoxy groups -OCH3 is 1. The zero-order valence-corrected chi connectivity index (χ0v) is 43.3. The molecule has 0 saturated carbocycles. The summed E-state index contributed by atoms with van der Waals surface area (Å²) in [6, 6.07) is 70.3. The minimum atomic E-state index is -1.47. The molecule has 10 rings (SSSR count). The van der Waals surface area contributed by atoms with Gasteiger partial charge in [0.2, 0.25) is 5.79 Å². The largest absolute Gasteiger partial charge is 0.374 e. The van der Waals surface area contributed by atoms with Crippen LogP contribution in [0, 0.1) is 0 Å². The lowest BCUT2D eigenvalue weighted by Crippen LogP contribution is -2.67. The molecule has 0 N–H and O–H groups in total. The van der Waals surface area contributed by atoms with Crippen LogP contribution in [-0.2, 0) is 98.5 Å². The van der Waals surface area contributed by atoms with Crippen molar-refractivity contribution in [1.82, 2.24) is 5.06 Å². The molecular formula is C64H69NO11. The first kappa shape index (κ1) is 53.5. The number of nitrogens with zero attached hydrogens (tertiary/aromatic N) is 1. The summed E-state index contributed by atoms with van der Waals surface area (Å²) in [5.41, 5.74) is 7.01. The average molecular weight is 1030 g/mol. The van der Waals surface area contributed by atoms with Crippen molar-refractivity contribution in [3.05, 3.63) is 251 Å². The van der Waals surface area contributed by atoms with E-state index < -0.39 is 67.0 Å². The predicted octanol–water partition coefficient (Wildman–Crippen LogP) is 10.8. The summed E-state index contributed by atoms with van der Waals surface area (Å²) in [5, 5.41) is 1.83. The topological polar surface area (TPSA) is 105 Å². The summed E-state index contributed by atoms with van der Waals surface area (Å²) in [4.78, 5) is 7.27. The fraction of sp³-hybridized carbons (Fsp3) is 0.344. The Labute approximate surface area is 447 Å². The normalized spacial score (nSPS) is 26.7. The van der Waals surface area contributed by atoms with E-state index in [0.29, 0.717) is 26.4 Å². The van der Waals surface area contributed by atoms with E-state index in [1.54, 1.807) is 7.11 Å². The molecule has 7 aromatic carbocycles. The predicted molar refractivity (Wildman–Crippen MR) is 287 cm³/mol. The van der Waals surface area contributed by atoms with Gasteiger partial charge in [-0.25, -0.2) is 0 Å². The molecular weight excluding hydrogens is 959 g/mol. The first-order chi connectivity index (χ1) is 37.5. The molecule has 0 amide bonds. The molecule has 0 aromatic heterocycles. The number of hydrogen-bond acceptors (Lipinski definition) is 12. The minimum absolute atomic E-state index is 0.161. The number of hydrogen-bond donors (Lipinski definition) is 0. The van der Waals surface area contributed by atoms with E-state index in [-0.39, 0.29) is 32.8 Å². The standard InChI is InChI=1S/C64H69NO11/c1-65-54(56-58(69-41-49-28-14-5-15-29-49)59(70-42-50-30-16-6-17-31-50)61(63(66-2)74-56)72-44-52-34-20-8-21-35-52)38-64(76-65)62(73-45-53-36-22-9-23-37-53)60(71-43-51-32-18-7-19-33-51)57(68-40-48-26-12-4-13-27-48)55(75-64)46-67-39-47-24-10-3-11-25-47/h3-37,54-63H,38-46H2,1-2H3/t54-,55-,56-,57-,58-,59+,60+,61-,62-,63+,64+/m1/s1. The molecule has 3 fully saturated rings. The van der Waals surface area contributed by atoms with Crippen molar-refractivity contribution in [3.63, 3.8) is 0 Å². The van der Waals surface area contributed by atoms with E-state index in [1.807, 2.05) is 176 Å². The number of hydroxylamine groups is 2. The maximum absolute atomic E-state index is 7.50. The van der Waals surface area contributed by atoms with E-state index in [1.165, 1.54) is 0 Å². The van der Waals surface area contributed by atoms with E-state index in [2.05, 4.69) is 48.5 Å². The van der Waals surface area contributed by atoms with Crippen molar-refractivity contribution < 1.29 is 52.2 Å². The highest BCUT2D eigenvalue weighted by Crippen LogP contribution is 2.48. The van der Waals surface area contributed by atoms with Gasteiger partial charge in [0.05, 0.1) is 58.9 Å². The Morgan fingerprint density at radius 1 is 0.421 bits per heavy atom. The highest BCUT2D eigenvalue weighted by atomic mass is 16.8. The second-order valence-electron chi connectivity index (χ2n) is 19.6. The van der Waals surface area contributed by atoms with E-state index in [0.717, 1.165) is 38.9 Å². The molecule has 12 nitrogen and oxygen atoms in total. The molecule has 12 heteroatoms. The van der Waals surface area contributed by atoms with Gasteiger partial charge in [-0.1, -0.05) is 212 Å². The quantitative estimate of drug-likeness (QED) is 0.0576. The van der Waals surface area contributed by atoms with Crippen molar-refractivity contribution in [1.29, 1.82) is 0 Å². The lowest BCUT2D eigenvalue weighted by molar-refractivity contribution is -0.405. The first-order valence-electron chi connectivity index (χ1n) is 26.3. The van der Waals surface area contributed by atoms with Crippen molar-refractivity contribution in [2.45, 2.75) is 120 Å². The van der Waals surface area contributed by atoms with Crippen molar-refractivity contribution in [2.24, 2.45) is 0 Å². The second kappa shape index (κ2) is 26.9. The third-order valence-electron chi connectivity index (χ3n) is 14.3. The van der Waals surface area contributed by atoms with Gasteiger partial charge in [-0.2, -0.15) is 5.06 Å². The Kier molecular flexibility index (Phi) is 18.9. The van der Waals surface area contributed by atoms with Gasteiger partial charge in [-0.3, -0.25) is 4.84 Å². The average Bonchev–Trinajstić information content (AvgIpc) is 3.95. The Balaban J connectivity index is 1.04. The van der Waals surface area contributed by atoms with Crippen LogP contribution in [0.15, 0.2) is 212 Å². The van der Waals surface area contributed by atoms with Gasteiger partial charge in [0.25, 0.3) is 0 Å². The van der Waals surface area contributed by atoms with Crippen LogP contribution in [0.1, 0.15) is 45.4 Å². The minimum Gasteiger partial charge on any atom is -0.374 e. The van der Waals surface area contributed by atoms with Crippen LogP contribution in [0.4, 0.5) is 0 Å². The van der Waals surface area contributed by atoms with Crippen LogP contribution in [0.3, 0.4) is 0 Å². The number of likely N-dealkylation sites (N-methyl/N-ethyl adjacent to an activating group) is 1. The van der Waals surface area contributed by atoms with Crippen LogP contribution in [-0.4, -0.2) is 92.8 Å². The molecule has 3 aliphatic rings. The second-order valence-corrected chi connectivity index (χ2v) is 19.6. The number of ether oxygens (including phenoxy) is 10. The van der Waals surface area contributed by atoms with E-state index in [9.17, 15) is 0 Å². The molecule has 0 radical (unpaired) electrons. The maximum Gasteiger partial charge on any atom is 0.219 e. The molecule has 396 valence electrons. The molecule has 0 aliphatic carbocycles. The van der Waals surface area contributed by atoms with Crippen LogP contribution in [0.5, 0.6) is 0 Å². The molecule has 3 heterocycles. The van der Waals surface area contributed by atoms with E-state index in [4.69, 9.17) is 52.2 Å². The highest BCUT2D eigenvalue weighted by molar-refractivity contribution is 5.20. The zero-order chi connectivity index (χ0) is 51.8. The molecule has 11 atom stereocenters. The zero-order valence-electron chi connectivity index (χ0n) is 43.3. The van der Waals surface area contributed by atoms with Gasteiger partial charge < -0.3 is 47.4 Å². The van der Waals surface area contributed by atoms with Crippen molar-refractivity contribution >= 4 is 0 Å². The van der Waals surface area contributed by atoms with Crippen LogP contribution < -0.4 is 0 Å². The summed E-state index contributed by atoms with van der Waals surface area (Å²) >= 11 is 0. The molecule has 3 aliphatic heterocycles. The molecule has 7 aromatic rings. The fourth-order valence-electron chi connectivity index (χ4n) is 10.4. The monoisotopic (exact) mass is 1030 g/mol. The van der Waals surface area contributed by atoms with Gasteiger partial charge in [0.15, 0.2) is 6.29 Å². The fourth-order valence-corrected chi connectivity index (χ4v) is 10.4. The number of rotatable bonds is 24. The maximum atomic E-state index is 7.50. The van der Waals surface area contributed by atoms with Crippen molar-refractivity contribution in [3.8, 4) is 0 Å². The molecule has 76 heavy (non-hydrogen) atoms. The van der Waals surface area contributed by atoms with Crippen LogP contribution >= 0.6 is 0 Å². The third-order valence-corrected chi connectivity index (χ3v) is 14.3. The Hall–Kier alpha value is -5.94. The van der Waals surface area contributed by atoms with Crippen LogP contribution in [0.25, 0.3) is 0 Å². The Morgan fingerprint density at radius 2 is 0.776 bits per heavy atom. The molecule has 0 unspecified atom stereocenters.